The number of hydrogen-bond acceptors (Lipinski definition) is 4. The summed E-state index contributed by atoms with van der Waals surface area (Å²) in [5.41, 5.74) is 11.2. The van der Waals surface area contributed by atoms with E-state index >= 15 is 0 Å². The van der Waals surface area contributed by atoms with Crippen LogP contribution in [0.4, 0.5) is 0 Å². The number of carbonyl (C=O) groups is 1. The molecule has 0 saturated carbocycles. The highest BCUT2D eigenvalue weighted by molar-refractivity contribution is 5.83. The van der Waals surface area contributed by atoms with Crippen LogP contribution < -0.4 is 11.1 Å². The molecule has 1 amide bonds. The van der Waals surface area contributed by atoms with E-state index in [9.17, 15) is 9.90 Å². The van der Waals surface area contributed by atoms with E-state index in [1.54, 1.807) is 0 Å². The summed E-state index contributed by atoms with van der Waals surface area (Å²) in [6, 6.07) is 15.1. The normalized spacial score (nSPS) is 27.2. The van der Waals surface area contributed by atoms with Crippen molar-refractivity contribution < 1.29 is 9.90 Å². The fourth-order valence-corrected chi connectivity index (χ4v) is 6.01. The molecule has 4 N–H and O–H groups in total. The lowest BCUT2D eigenvalue weighted by Gasteiger charge is -2.39. The van der Waals surface area contributed by atoms with Gasteiger partial charge in [-0.2, -0.15) is 0 Å². The highest BCUT2D eigenvalue weighted by atomic mass is 16.3. The summed E-state index contributed by atoms with van der Waals surface area (Å²) >= 11 is 0. The molecular weight excluding hydrogens is 412 g/mol. The third-order valence-corrected chi connectivity index (χ3v) is 7.51. The van der Waals surface area contributed by atoms with Gasteiger partial charge in [-0.05, 0) is 73.5 Å². The van der Waals surface area contributed by atoms with E-state index in [1.165, 1.54) is 5.56 Å². The Kier molecular flexibility index (Phi) is 5.75. The number of aliphatic hydroxyl groups is 1. The molecule has 1 saturated heterocycles. The van der Waals surface area contributed by atoms with Crippen molar-refractivity contribution >= 4 is 16.9 Å². The number of primary amides is 1. The molecule has 5 atom stereocenters. The van der Waals surface area contributed by atoms with Crippen molar-refractivity contribution in [1.82, 2.24) is 14.9 Å². The van der Waals surface area contributed by atoms with Crippen LogP contribution in [0.3, 0.4) is 0 Å². The average Bonchev–Trinajstić information content (AvgIpc) is 3.33. The number of nitrogens with one attached hydrogen (secondary N) is 1. The Balaban J connectivity index is 1.45. The van der Waals surface area contributed by atoms with Crippen LogP contribution in [0.25, 0.3) is 11.0 Å². The predicted molar refractivity (Wildman–Crippen MR) is 129 cm³/mol. The fraction of sp³-hybridized carbons (Fsp3) is 0.481. The van der Waals surface area contributed by atoms with Crippen molar-refractivity contribution in [2.24, 2.45) is 11.7 Å². The third-order valence-electron chi connectivity index (χ3n) is 7.51. The Hall–Kier alpha value is -2.70. The van der Waals surface area contributed by atoms with Gasteiger partial charge in [0, 0.05) is 12.0 Å². The van der Waals surface area contributed by atoms with Crippen LogP contribution in [-0.4, -0.2) is 39.3 Å². The molecule has 0 bridgehead atoms. The maximum absolute atomic E-state index is 12.4. The maximum Gasteiger partial charge on any atom is 0.225 e. The molecule has 6 heteroatoms. The molecule has 1 aliphatic carbocycles. The van der Waals surface area contributed by atoms with Crippen LogP contribution in [0.1, 0.15) is 67.1 Å². The molecule has 2 aromatic carbocycles. The van der Waals surface area contributed by atoms with Gasteiger partial charge in [0.25, 0.3) is 0 Å². The van der Waals surface area contributed by atoms with Crippen molar-refractivity contribution in [3.63, 3.8) is 0 Å². The molecule has 33 heavy (non-hydrogen) atoms. The molecule has 5 rings (SSSR count). The summed E-state index contributed by atoms with van der Waals surface area (Å²) in [5, 5.41) is 15.1. The van der Waals surface area contributed by atoms with E-state index in [2.05, 4.69) is 54.9 Å². The number of nitrogens with two attached hydrogens (primary N) is 1. The molecule has 2 heterocycles. The summed E-state index contributed by atoms with van der Waals surface area (Å²) < 4.78 is 2.27. The van der Waals surface area contributed by atoms with Crippen LogP contribution in [0.2, 0.25) is 0 Å². The molecule has 2 aliphatic rings. The summed E-state index contributed by atoms with van der Waals surface area (Å²) in [4.78, 5) is 17.3. The maximum atomic E-state index is 12.4. The molecule has 0 spiro atoms. The van der Waals surface area contributed by atoms with Crippen molar-refractivity contribution in [1.29, 1.82) is 0 Å². The first kappa shape index (κ1) is 22.1. The van der Waals surface area contributed by atoms with Gasteiger partial charge in [-0.3, -0.25) is 4.79 Å². The zero-order chi connectivity index (χ0) is 23.3. The van der Waals surface area contributed by atoms with Crippen LogP contribution in [-0.2, 0) is 11.2 Å². The number of rotatable bonds is 5. The predicted octanol–water partition coefficient (Wildman–Crippen LogP) is 3.36. The van der Waals surface area contributed by atoms with Crippen LogP contribution in [0.15, 0.2) is 36.4 Å². The van der Waals surface area contributed by atoms with Gasteiger partial charge < -0.3 is 20.7 Å². The van der Waals surface area contributed by atoms with E-state index in [1.807, 2.05) is 18.2 Å². The number of aryl methyl sites for hydroxylation is 1. The van der Waals surface area contributed by atoms with E-state index in [4.69, 9.17) is 10.7 Å². The van der Waals surface area contributed by atoms with Crippen LogP contribution in [0, 0.1) is 18.9 Å². The standard InChI is InChI=1S/C27H33N4O2/c1-15(2)27-30-20-12-16(3)8-9-22(20)31(27)23-10-11-29-21(25(23)32)14-18-13-17-6-4-5-7-19(17)24(18)26(28)33/h5-9,12,15,18,21,23-25,29,32H,10-11,13-14H2,1-3H3,(H2,28,33)/t18?,21-,23-,24?,25-/m1/s1. The second-order valence-corrected chi connectivity index (χ2v) is 10.1. The smallest absolute Gasteiger partial charge is 0.225 e. The van der Waals surface area contributed by atoms with Crippen molar-refractivity contribution in [3.05, 3.63) is 65.0 Å². The lowest BCUT2D eigenvalue weighted by atomic mass is 9.82. The number of aromatic nitrogens is 2. The molecule has 1 aliphatic heterocycles. The number of carbonyl (C=O) groups excluding carboxylic acids is 1. The summed E-state index contributed by atoms with van der Waals surface area (Å²) in [6.07, 6.45) is 1.73. The third kappa shape index (κ3) is 3.85. The number of amides is 1. The number of fused-ring (bicyclic) bond motifs is 2. The molecule has 3 aromatic rings. The Labute approximate surface area is 195 Å². The van der Waals surface area contributed by atoms with Crippen LogP contribution in [0.5, 0.6) is 0 Å². The number of nitrogens with zero attached hydrogens (tertiary/aromatic N) is 2. The number of piperidine rings is 1. The highest BCUT2D eigenvalue weighted by Crippen LogP contribution is 2.42. The lowest BCUT2D eigenvalue weighted by Crippen LogP contribution is -2.51. The fourth-order valence-electron chi connectivity index (χ4n) is 6.01. The molecule has 6 nitrogen and oxygen atoms in total. The van der Waals surface area contributed by atoms with Crippen molar-refractivity contribution in [3.8, 4) is 0 Å². The molecular formula is C27H33N4O2. The summed E-state index contributed by atoms with van der Waals surface area (Å²) in [6.45, 7) is 7.19. The molecule has 173 valence electrons. The van der Waals surface area contributed by atoms with Crippen molar-refractivity contribution in [2.45, 2.75) is 70.1 Å². The second kappa shape index (κ2) is 8.58. The molecule has 1 fully saturated rings. The number of imidazole rings is 1. The Morgan fingerprint density at radius 3 is 2.94 bits per heavy atom. The van der Waals surface area contributed by atoms with Gasteiger partial charge in [0.05, 0.1) is 29.1 Å². The monoisotopic (exact) mass is 445 g/mol. The Bertz CT molecular complexity index is 1180. The molecule has 1 radical (unpaired) electrons. The Morgan fingerprint density at radius 1 is 1.36 bits per heavy atom. The van der Waals surface area contributed by atoms with Gasteiger partial charge in [-0.25, -0.2) is 4.98 Å². The average molecular weight is 446 g/mol. The van der Waals surface area contributed by atoms with Gasteiger partial charge in [-0.15, -0.1) is 0 Å². The van der Waals surface area contributed by atoms with E-state index in [0.29, 0.717) is 6.42 Å². The topological polar surface area (TPSA) is 93.2 Å². The lowest BCUT2D eigenvalue weighted by molar-refractivity contribution is -0.120. The first-order valence-electron chi connectivity index (χ1n) is 12.0. The van der Waals surface area contributed by atoms with Gasteiger partial charge in [-0.1, -0.05) is 38.1 Å². The van der Waals surface area contributed by atoms with Crippen LogP contribution >= 0.6 is 0 Å². The molecule has 1 aromatic heterocycles. The number of aliphatic hydroxyl groups excluding tert-OH is 1. The minimum Gasteiger partial charge on any atom is -0.389 e. The minimum atomic E-state index is -0.584. The summed E-state index contributed by atoms with van der Waals surface area (Å²) in [7, 11) is 0. The van der Waals surface area contributed by atoms with Gasteiger partial charge in [0.1, 0.15) is 5.82 Å². The largest absolute Gasteiger partial charge is 0.389 e. The van der Waals surface area contributed by atoms with Gasteiger partial charge >= 0.3 is 0 Å². The highest BCUT2D eigenvalue weighted by Gasteiger charge is 2.41. The molecule has 2 unspecified atom stereocenters. The first-order chi connectivity index (χ1) is 15.8. The Morgan fingerprint density at radius 2 is 2.18 bits per heavy atom. The van der Waals surface area contributed by atoms with E-state index < -0.39 is 6.10 Å². The van der Waals surface area contributed by atoms with E-state index in [-0.39, 0.29) is 35.7 Å². The zero-order valence-electron chi connectivity index (χ0n) is 19.6. The SMILES string of the molecule is Cc1ccc2c(c1)nc(C(C)C)n2[C@@H]1CCN[C@H](CC2Cc3c[c]ccc3C2C(N)=O)[C@H]1O. The van der Waals surface area contributed by atoms with Crippen molar-refractivity contribution in [2.75, 3.05) is 6.54 Å². The second-order valence-electron chi connectivity index (χ2n) is 10.1. The number of hydrogen-bond donors (Lipinski definition) is 3. The minimum absolute atomic E-state index is 0.0644. The summed E-state index contributed by atoms with van der Waals surface area (Å²) in [5.74, 6) is 0.736. The first-order valence-corrected chi connectivity index (χ1v) is 12.0. The quantitative estimate of drug-likeness (QED) is 0.561. The van der Waals surface area contributed by atoms with Gasteiger partial charge in [0.2, 0.25) is 5.91 Å². The number of benzene rings is 2. The zero-order valence-corrected chi connectivity index (χ0v) is 19.6. The van der Waals surface area contributed by atoms with E-state index in [0.717, 1.165) is 47.4 Å². The van der Waals surface area contributed by atoms with Gasteiger partial charge in [0.15, 0.2) is 0 Å².